The zero-order valence-corrected chi connectivity index (χ0v) is 69.9. The van der Waals surface area contributed by atoms with Crippen LogP contribution < -0.4 is 64.8 Å². The zero-order valence-electron chi connectivity index (χ0n) is 67.4. The van der Waals surface area contributed by atoms with Crippen molar-refractivity contribution in [2.24, 2.45) is 0 Å². The van der Waals surface area contributed by atoms with Crippen molar-refractivity contribution in [3.63, 3.8) is 0 Å². The molecule has 2 aliphatic heterocycles. The van der Waals surface area contributed by atoms with E-state index >= 15 is 0 Å². The first kappa shape index (κ1) is 92.6. The van der Waals surface area contributed by atoms with Crippen LogP contribution in [0.15, 0.2) is 77.7 Å². The number of methoxy groups -OCH3 is 1. The Morgan fingerprint density at radius 3 is 1.98 bits per heavy atom. The summed E-state index contributed by atoms with van der Waals surface area (Å²) in [5.41, 5.74) is 17.2. The van der Waals surface area contributed by atoms with Crippen LogP contribution in [0.1, 0.15) is 184 Å². The lowest BCUT2D eigenvalue weighted by Crippen LogP contribution is -2.54. The molecule has 0 saturated heterocycles. The molecule has 0 spiro atoms. The van der Waals surface area contributed by atoms with Gasteiger partial charge in [-0.3, -0.25) is 77.7 Å². The van der Waals surface area contributed by atoms with Crippen LogP contribution in [0.4, 0.5) is 16.4 Å². The Balaban J connectivity index is 0.760. The minimum absolute atomic E-state index is 0.00586. The molecule has 2 aromatic carbocycles. The van der Waals surface area contributed by atoms with E-state index in [1.807, 2.05) is 26.0 Å². The molecule has 2 unspecified atom stereocenters. The SMILES string of the molecule is CC[C@H]1c2cc3[nH]c4c(c3C)C(=O)C(C(=O)OC)c4c3nc(cc4[nH]c(cc(n2)[C@@H]1C)c(C(C)=O)c4C)[C@@H](C)[C@@H]3CCC(=O)NC(CC(=O)NCCc1ccc(B(O)O)cc1)C(=O)NNC(=O)OCCSSC[C@H](NC(=O)[C@H](CC(=O)NCCS(=O)(=O)O)NC(=O)CC[C@H](NC(=O)c1ccc(NCc2cnc3nc(N)[nH]c(=O)c3n2)cc1)C(=O)O)C(=O)O. The summed E-state index contributed by atoms with van der Waals surface area (Å²) >= 11 is 0. The van der Waals surface area contributed by atoms with E-state index in [1.54, 1.807) is 32.0 Å². The molecule has 5 aromatic heterocycles. The summed E-state index contributed by atoms with van der Waals surface area (Å²) in [6.07, 6.45) is -2.24. The van der Waals surface area contributed by atoms with Gasteiger partial charge in [0.2, 0.25) is 35.5 Å². The lowest BCUT2D eigenvalue weighted by atomic mass is 9.80. The summed E-state index contributed by atoms with van der Waals surface area (Å²) in [5, 5.41) is 56.5. The zero-order chi connectivity index (χ0) is 89.4. The van der Waals surface area contributed by atoms with Crippen molar-refractivity contribution < 1.29 is 105 Å². The molecule has 10 rings (SSSR count). The first-order valence-electron chi connectivity index (χ1n) is 38.7. The number of fused-ring (bicyclic) bond motifs is 9. The van der Waals surface area contributed by atoms with E-state index in [2.05, 4.69) is 84.9 Å². The van der Waals surface area contributed by atoms with Gasteiger partial charge in [-0.15, -0.1) is 0 Å². The molecule has 0 saturated carbocycles. The highest BCUT2D eigenvalue weighted by Crippen LogP contribution is 2.49. The maximum Gasteiger partial charge on any atom is 0.488 e. The van der Waals surface area contributed by atoms with Crippen molar-refractivity contribution in [1.82, 2.24) is 82.6 Å². The summed E-state index contributed by atoms with van der Waals surface area (Å²) in [6.45, 7) is 10.0. The van der Waals surface area contributed by atoms with Gasteiger partial charge in [-0.2, -0.15) is 13.4 Å². The average Bonchev–Trinajstić information content (AvgIpc) is 1.56. The van der Waals surface area contributed by atoms with Gasteiger partial charge in [-0.1, -0.05) is 66.6 Å². The molecular weight excluding hydrogens is 1660 g/mol. The fourth-order valence-electron chi connectivity index (χ4n) is 14.4. The minimum Gasteiger partial charge on any atom is -0.480 e. The number of carbonyl (C=O) groups is 13. The summed E-state index contributed by atoms with van der Waals surface area (Å²) < 4.78 is 42.4. The van der Waals surface area contributed by atoms with Gasteiger partial charge in [0.25, 0.3) is 27.5 Å². The highest BCUT2D eigenvalue weighted by atomic mass is 33.1. The number of anilines is 2. The van der Waals surface area contributed by atoms with Crippen molar-refractivity contribution in [3.05, 3.63) is 151 Å². The first-order chi connectivity index (χ1) is 58.4. The lowest BCUT2D eigenvalue weighted by Gasteiger charge is -2.22. The second-order valence-electron chi connectivity index (χ2n) is 29.3. The van der Waals surface area contributed by atoms with E-state index < -0.39 is 186 Å². The number of aliphatic carboxylic acids is 2. The van der Waals surface area contributed by atoms with Crippen molar-refractivity contribution in [3.8, 4) is 0 Å². The third-order valence-corrected chi connectivity index (χ3v) is 24.0. The fraction of sp³-hybridized carbons (Fsp3) is 0.397. The van der Waals surface area contributed by atoms with Crippen LogP contribution in [0, 0.1) is 13.8 Å². The summed E-state index contributed by atoms with van der Waals surface area (Å²) in [7, 11) is -3.36. The molecule has 7 heterocycles. The number of amides is 8. The Bertz CT molecular complexity index is 5660. The maximum absolute atomic E-state index is 14.7. The molecule has 0 fully saturated rings. The quantitative estimate of drug-likeness (QED) is 0.00384. The number of carboxylic acid groups (broad SMARTS) is 2. The Morgan fingerprint density at radius 2 is 1.33 bits per heavy atom. The molecule has 8 bridgehead atoms. The number of nitrogen functional groups attached to an aromatic ring is 1. The van der Waals surface area contributed by atoms with E-state index in [1.165, 1.54) is 49.5 Å². The molecule has 7 aromatic rings. The van der Waals surface area contributed by atoms with E-state index in [9.17, 15) is 100 Å². The second-order valence-corrected chi connectivity index (χ2v) is 33.5. The predicted molar refractivity (Wildman–Crippen MR) is 448 cm³/mol. The Hall–Kier alpha value is -12.7. The molecule has 3 aliphatic rings. The van der Waals surface area contributed by atoms with Gasteiger partial charge in [0.05, 0.1) is 60.9 Å². The maximum atomic E-state index is 14.7. The van der Waals surface area contributed by atoms with Crippen LogP contribution in [-0.4, -0.2) is 225 Å². The number of ketones is 2. The number of ether oxygens (including phenoxy) is 2. The third-order valence-electron chi connectivity index (χ3n) is 20.9. The normalized spacial score (nSPS) is 16.2. The van der Waals surface area contributed by atoms with E-state index in [0.717, 1.165) is 40.1 Å². The number of hydrazine groups is 1. The third kappa shape index (κ3) is 23.7. The monoisotopic (exact) mass is 1750 g/mol. The van der Waals surface area contributed by atoms with Crippen LogP contribution in [0.25, 0.3) is 33.2 Å². The number of Topliss-reactive ketones (excluding diaryl/α,β-unsaturated/α-hetero) is 2. The van der Waals surface area contributed by atoms with Gasteiger partial charge >= 0.3 is 31.1 Å². The van der Waals surface area contributed by atoms with Crippen LogP contribution in [0.5, 0.6) is 0 Å². The molecule has 45 heteroatoms. The van der Waals surface area contributed by atoms with Gasteiger partial charge in [-0.25, -0.2) is 29.8 Å². The number of carboxylic acids is 2. The number of hydrogen-bond donors (Lipinski definition) is 18. The van der Waals surface area contributed by atoms with E-state index in [4.69, 9.17) is 25.2 Å². The number of carbonyl (C=O) groups excluding carboxylic acids is 11. The summed E-state index contributed by atoms with van der Waals surface area (Å²) in [4.78, 5) is 220. The van der Waals surface area contributed by atoms with Gasteiger partial charge in [0, 0.05) is 117 Å². The minimum atomic E-state index is -4.58. The number of esters is 1. The van der Waals surface area contributed by atoms with Crippen LogP contribution >= 0.6 is 21.6 Å². The molecule has 0 radical (unpaired) electrons. The highest BCUT2D eigenvalue weighted by molar-refractivity contribution is 8.76. The molecule has 19 N–H and O–H groups in total. The number of benzene rings is 2. The van der Waals surface area contributed by atoms with Gasteiger partial charge in [-0.05, 0) is 111 Å². The van der Waals surface area contributed by atoms with Gasteiger partial charge < -0.3 is 82.7 Å². The number of H-pyrrole nitrogens is 3. The predicted octanol–water partition coefficient (Wildman–Crippen LogP) is 1.94. The highest BCUT2D eigenvalue weighted by Gasteiger charge is 2.46. The number of nitrogens with two attached hydrogens (primary N) is 1. The van der Waals surface area contributed by atoms with E-state index in [-0.39, 0.29) is 101 Å². The topological polar surface area (TPSA) is 639 Å². The molecule has 9 atom stereocenters. The Labute approximate surface area is 709 Å². The number of aryl methyl sites for hydroxylation is 2. The summed E-state index contributed by atoms with van der Waals surface area (Å²) in [5.74, 6) is -16.1. The number of aromatic nitrogens is 8. The molecular formula is C78H91BN18O23S3. The second kappa shape index (κ2) is 41.2. The average molecular weight is 1760 g/mol. The molecule has 1 aliphatic carbocycles. The Morgan fingerprint density at radius 1 is 0.691 bits per heavy atom. The van der Waals surface area contributed by atoms with E-state index in [0.29, 0.717) is 67.8 Å². The Kier molecular flexibility index (Phi) is 31.0. The van der Waals surface area contributed by atoms with Crippen molar-refractivity contribution in [1.29, 1.82) is 0 Å². The number of nitrogens with one attached hydrogen (secondary N) is 12. The standard InChI is InChI=1S/C78H91BN18O23S3/c1-8-45-35(2)48-29-53-61(39(6)98)37(4)50(87-53)27-49-36(3)46(65(90-49)63-64(76(112)119-7)68(103)62-38(5)51(91-66(62)63)28-52(45)86-48)17-19-57(99)89-55(31-59(101)81-22-21-40-9-13-42(14-10-40)79(114)115)72(106)96-97-78(113)120-24-25-121-122-34-56(75(110)111)93-71(105)54(30-60(102)82-23-26-123(116,117)118)88-58(100)20-18-47(74(108)109)92-70(104)41-11-15-43(16-12-41)83-32-44-33-84-69-67(85-44)73(107)95-77(80)94-69/h9-16,27-29,33,35-36,45-47,54-56,64,83,87,91,114-115H,8,17-26,30-32,34H2,1-7H3,(H,81,101)(H,82,102)(H,88,100)(H,89,99)(H,92,104)(H,93,105)(H,96,106)(H,97,113)(H,108,109)(H,110,111)(H,116,117,118)(H3,80,84,94,95,107)/t35-,36+,45-,46+,47+,54+,55?,56+,64?/m1/s1. The number of rotatable bonds is 38. The van der Waals surface area contributed by atoms with Crippen LogP contribution in [-0.2, 0) is 75.7 Å². The van der Waals surface area contributed by atoms with Crippen molar-refractivity contribution >= 4 is 166 Å². The number of aromatic amines is 3. The van der Waals surface area contributed by atoms with Gasteiger partial charge in [0.1, 0.15) is 36.7 Å². The van der Waals surface area contributed by atoms with Crippen LogP contribution in [0.2, 0.25) is 0 Å². The summed E-state index contributed by atoms with van der Waals surface area (Å²) in [6, 6.07) is 10.4. The number of nitrogens with zero attached hydrogens (tertiary/aromatic N) is 5. The molecule has 41 nitrogen and oxygen atoms in total. The van der Waals surface area contributed by atoms with Crippen molar-refractivity contribution in [2.45, 2.75) is 153 Å². The van der Waals surface area contributed by atoms with Crippen LogP contribution in [0.3, 0.4) is 0 Å². The molecule has 123 heavy (non-hydrogen) atoms. The first-order valence-corrected chi connectivity index (χ1v) is 42.8. The largest absolute Gasteiger partial charge is 0.488 e. The smallest absolute Gasteiger partial charge is 0.480 e. The molecule has 8 amide bonds. The fourth-order valence-corrected chi connectivity index (χ4v) is 16.7. The molecule has 652 valence electrons. The number of hydrogen-bond acceptors (Lipinski definition) is 29. The lowest BCUT2D eigenvalue weighted by molar-refractivity contribution is -0.142. The van der Waals surface area contributed by atoms with Crippen molar-refractivity contribution in [2.75, 3.05) is 55.1 Å². The van der Waals surface area contributed by atoms with Gasteiger partial charge in [0.15, 0.2) is 22.7 Å².